The van der Waals surface area contributed by atoms with Crippen molar-refractivity contribution in [2.75, 3.05) is 5.32 Å². The first kappa shape index (κ1) is 9.83. The third-order valence-corrected chi connectivity index (χ3v) is 2.65. The molecule has 0 aromatic carbocycles. The topological polar surface area (TPSA) is 70.9 Å². The Morgan fingerprint density at radius 1 is 1.41 bits per heavy atom. The zero-order valence-electron chi connectivity index (χ0n) is 9.38. The molecule has 0 atom stereocenters. The van der Waals surface area contributed by atoms with Gasteiger partial charge in [-0.1, -0.05) is 0 Å². The summed E-state index contributed by atoms with van der Waals surface area (Å²) in [5.74, 6) is 0.832. The summed E-state index contributed by atoms with van der Waals surface area (Å²) < 4.78 is 1.73. The van der Waals surface area contributed by atoms with E-state index in [1.165, 1.54) is 0 Å². The second-order valence-corrected chi connectivity index (χ2v) is 3.82. The number of aryl methyl sites for hydroxylation is 1. The van der Waals surface area contributed by atoms with E-state index in [-0.39, 0.29) is 0 Å². The molecule has 0 aliphatic heterocycles. The molecule has 3 aromatic rings. The number of aromatic amines is 1. The van der Waals surface area contributed by atoms with Gasteiger partial charge in [-0.25, -0.2) is 9.50 Å². The highest BCUT2D eigenvalue weighted by atomic mass is 15.2. The Morgan fingerprint density at radius 3 is 3.18 bits per heavy atom. The van der Waals surface area contributed by atoms with Crippen molar-refractivity contribution in [3.8, 4) is 0 Å². The van der Waals surface area contributed by atoms with Gasteiger partial charge in [-0.15, -0.1) is 0 Å². The minimum atomic E-state index is 0.708. The van der Waals surface area contributed by atoms with Crippen molar-refractivity contribution in [1.29, 1.82) is 0 Å². The standard InChI is InChI=1S/C11H12N6/c1-8-9(7-13-16-8)6-12-10-3-5-17-11(15-10)2-4-14-17/h2-5,7H,6H2,1H3,(H,12,15)(H,13,16). The van der Waals surface area contributed by atoms with Gasteiger partial charge in [0.15, 0.2) is 5.65 Å². The van der Waals surface area contributed by atoms with Crippen molar-refractivity contribution in [2.24, 2.45) is 0 Å². The molecule has 0 amide bonds. The molecular formula is C11H12N6. The van der Waals surface area contributed by atoms with Gasteiger partial charge >= 0.3 is 0 Å². The molecule has 0 bridgehead atoms. The average molecular weight is 228 g/mol. The van der Waals surface area contributed by atoms with E-state index >= 15 is 0 Å². The Morgan fingerprint density at radius 2 is 2.35 bits per heavy atom. The molecule has 0 spiro atoms. The third kappa shape index (κ3) is 1.84. The molecule has 0 fully saturated rings. The van der Waals surface area contributed by atoms with Gasteiger partial charge in [0.05, 0.1) is 12.4 Å². The van der Waals surface area contributed by atoms with Crippen LogP contribution in [0.25, 0.3) is 5.65 Å². The van der Waals surface area contributed by atoms with E-state index in [1.54, 1.807) is 10.7 Å². The molecule has 86 valence electrons. The summed E-state index contributed by atoms with van der Waals surface area (Å²) in [6.45, 7) is 2.71. The molecule has 6 heteroatoms. The summed E-state index contributed by atoms with van der Waals surface area (Å²) >= 11 is 0. The van der Waals surface area contributed by atoms with E-state index in [9.17, 15) is 0 Å². The molecule has 3 heterocycles. The van der Waals surface area contributed by atoms with E-state index < -0.39 is 0 Å². The Labute approximate surface area is 97.7 Å². The van der Waals surface area contributed by atoms with Crippen LogP contribution in [0.5, 0.6) is 0 Å². The Kier molecular flexibility index (Phi) is 2.25. The lowest BCUT2D eigenvalue weighted by Gasteiger charge is -2.04. The van der Waals surface area contributed by atoms with Gasteiger partial charge in [0.2, 0.25) is 0 Å². The van der Waals surface area contributed by atoms with Crippen molar-refractivity contribution in [3.63, 3.8) is 0 Å². The predicted molar refractivity (Wildman–Crippen MR) is 63.6 cm³/mol. The SMILES string of the molecule is Cc1[nH]ncc1CNc1ccn2nccc2n1. The van der Waals surface area contributed by atoms with Crippen molar-refractivity contribution in [3.05, 3.63) is 42.0 Å². The molecule has 0 saturated carbocycles. The molecule has 3 aromatic heterocycles. The second-order valence-electron chi connectivity index (χ2n) is 3.82. The first-order valence-corrected chi connectivity index (χ1v) is 5.36. The normalized spacial score (nSPS) is 10.9. The summed E-state index contributed by atoms with van der Waals surface area (Å²) in [5, 5.41) is 14.2. The highest BCUT2D eigenvalue weighted by Gasteiger charge is 2.01. The molecule has 3 rings (SSSR count). The van der Waals surface area contributed by atoms with Crippen LogP contribution in [0.15, 0.2) is 30.7 Å². The van der Waals surface area contributed by atoms with Crippen molar-refractivity contribution in [2.45, 2.75) is 13.5 Å². The molecule has 17 heavy (non-hydrogen) atoms. The molecule has 0 radical (unpaired) electrons. The zero-order chi connectivity index (χ0) is 11.7. The van der Waals surface area contributed by atoms with Gasteiger partial charge in [0, 0.05) is 30.1 Å². The van der Waals surface area contributed by atoms with Crippen LogP contribution in [0.3, 0.4) is 0 Å². The molecule has 0 saturated heterocycles. The van der Waals surface area contributed by atoms with Gasteiger partial charge in [-0.3, -0.25) is 5.10 Å². The van der Waals surface area contributed by atoms with E-state index in [4.69, 9.17) is 0 Å². The molecule has 0 unspecified atom stereocenters. The number of nitrogens with zero attached hydrogens (tertiary/aromatic N) is 4. The average Bonchev–Trinajstić information content (AvgIpc) is 2.94. The first-order valence-electron chi connectivity index (χ1n) is 5.36. The number of H-pyrrole nitrogens is 1. The summed E-state index contributed by atoms with van der Waals surface area (Å²) in [7, 11) is 0. The smallest absolute Gasteiger partial charge is 0.157 e. The van der Waals surface area contributed by atoms with Gasteiger partial charge < -0.3 is 5.32 Å². The van der Waals surface area contributed by atoms with Crippen LogP contribution in [0, 0.1) is 6.92 Å². The Hall–Kier alpha value is -2.37. The lowest BCUT2D eigenvalue weighted by atomic mass is 10.2. The third-order valence-electron chi connectivity index (χ3n) is 2.65. The van der Waals surface area contributed by atoms with Crippen LogP contribution in [0.1, 0.15) is 11.3 Å². The van der Waals surface area contributed by atoms with Gasteiger partial charge in [0.1, 0.15) is 5.82 Å². The number of hydrogen-bond acceptors (Lipinski definition) is 4. The predicted octanol–water partition coefficient (Wildman–Crippen LogP) is 1.37. The number of fused-ring (bicyclic) bond motifs is 1. The van der Waals surface area contributed by atoms with Crippen molar-refractivity contribution < 1.29 is 0 Å². The number of hydrogen-bond donors (Lipinski definition) is 2. The Bertz CT molecular complexity index is 638. The minimum Gasteiger partial charge on any atom is -0.366 e. The monoisotopic (exact) mass is 228 g/mol. The second kappa shape index (κ2) is 3.89. The number of aromatic nitrogens is 5. The summed E-state index contributed by atoms with van der Waals surface area (Å²) in [6.07, 6.45) is 5.43. The molecule has 2 N–H and O–H groups in total. The van der Waals surface area contributed by atoms with Crippen LogP contribution in [0.4, 0.5) is 5.82 Å². The van der Waals surface area contributed by atoms with Crippen LogP contribution >= 0.6 is 0 Å². The van der Waals surface area contributed by atoms with E-state index in [0.717, 1.165) is 22.7 Å². The van der Waals surface area contributed by atoms with Crippen LogP contribution in [-0.2, 0) is 6.54 Å². The largest absolute Gasteiger partial charge is 0.366 e. The fourth-order valence-corrected chi connectivity index (χ4v) is 1.65. The molecule has 6 nitrogen and oxygen atoms in total. The van der Waals surface area contributed by atoms with Gasteiger partial charge in [0.25, 0.3) is 0 Å². The van der Waals surface area contributed by atoms with Crippen LogP contribution in [0.2, 0.25) is 0 Å². The van der Waals surface area contributed by atoms with E-state index in [2.05, 4.69) is 25.6 Å². The van der Waals surface area contributed by atoms with E-state index in [1.807, 2.05) is 31.5 Å². The maximum absolute atomic E-state index is 4.42. The minimum absolute atomic E-state index is 0.708. The Balaban J connectivity index is 1.78. The maximum Gasteiger partial charge on any atom is 0.157 e. The molecule has 0 aliphatic rings. The summed E-state index contributed by atoms with van der Waals surface area (Å²) in [6, 6.07) is 3.77. The molecule has 0 aliphatic carbocycles. The lowest BCUT2D eigenvalue weighted by Crippen LogP contribution is -2.02. The molecular weight excluding hydrogens is 216 g/mol. The summed E-state index contributed by atoms with van der Waals surface area (Å²) in [4.78, 5) is 4.42. The van der Waals surface area contributed by atoms with Crippen LogP contribution < -0.4 is 5.32 Å². The highest BCUT2D eigenvalue weighted by Crippen LogP contribution is 2.09. The van der Waals surface area contributed by atoms with E-state index in [0.29, 0.717) is 6.54 Å². The number of rotatable bonds is 3. The zero-order valence-corrected chi connectivity index (χ0v) is 9.38. The van der Waals surface area contributed by atoms with Crippen molar-refractivity contribution >= 4 is 11.5 Å². The van der Waals surface area contributed by atoms with Gasteiger partial charge in [-0.05, 0) is 13.0 Å². The number of anilines is 1. The lowest BCUT2D eigenvalue weighted by molar-refractivity contribution is 0.936. The highest BCUT2D eigenvalue weighted by molar-refractivity contribution is 5.45. The fourth-order valence-electron chi connectivity index (χ4n) is 1.65. The van der Waals surface area contributed by atoms with Crippen LogP contribution in [-0.4, -0.2) is 24.8 Å². The maximum atomic E-state index is 4.42. The first-order chi connectivity index (χ1) is 8.33. The van der Waals surface area contributed by atoms with Gasteiger partial charge in [-0.2, -0.15) is 10.2 Å². The quantitative estimate of drug-likeness (QED) is 0.710. The number of nitrogens with one attached hydrogen (secondary N) is 2. The fraction of sp³-hybridized carbons (Fsp3) is 0.182. The summed E-state index contributed by atoms with van der Waals surface area (Å²) in [5.41, 5.74) is 3.04. The van der Waals surface area contributed by atoms with Crippen molar-refractivity contribution in [1.82, 2.24) is 24.8 Å².